The molecule has 1 saturated heterocycles. The molecule has 0 aromatic carbocycles. The summed E-state index contributed by atoms with van der Waals surface area (Å²) >= 11 is 3.27. The molecular weight excluding hydrogens is 277 g/mol. The molecule has 16 heavy (non-hydrogen) atoms. The third-order valence-corrected chi connectivity index (χ3v) is 3.32. The van der Waals surface area contributed by atoms with E-state index in [0.29, 0.717) is 24.8 Å². The van der Waals surface area contributed by atoms with Crippen molar-refractivity contribution in [2.45, 2.75) is 39.0 Å². The number of alkyl halides is 2. The van der Waals surface area contributed by atoms with Crippen LogP contribution in [0.25, 0.3) is 0 Å². The van der Waals surface area contributed by atoms with Gasteiger partial charge in [0.05, 0.1) is 0 Å². The van der Waals surface area contributed by atoms with E-state index < -0.39 is 11.8 Å². The van der Waals surface area contributed by atoms with Gasteiger partial charge in [-0.25, -0.2) is 9.18 Å². The molecule has 0 radical (unpaired) electrons. The largest absolute Gasteiger partial charge is 0.444 e. The predicted molar refractivity (Wildman–Crippen MR) is 64.6 cm³/mol. The Morgan fingerprint density at radius 3 is 2.69 bits per heavy atom. The van der Waals surface area contributed by atoms with Crippen molar-refractivity contribution in [2.24, 2.45) is 5.92 Å². The molecule has 1 aliphatic rings. The van der Waals surface area contributed by atoms with Crippen LogP contribution >= 0.6 is 15.9 Å². The first-order chi connectivity index (χ1) is 7.33. The average molecular weight is 296 g/mol. The van der Waals surface area contributed by atoms with Gasteiger partial charge in [-0.2, -0.15) is 0 Å². The Labute approximate surface area is 104 Å². The van der Waals surface area contributed by atoms with Crippen molar-refractivity contribution < 1.29 is 13.9 Å². The van der Waals surface area contributed by atoms with Crippen LogP contribution in [0.5, 0.6) is 0 Å². The Kier molecular flexibility index (Phi) is 4.59. The summed E-state index contributed by atoms with van der Waals surface area (Å²) in [7, 11) is 0. The van der Waals surface area contributed by atoms with Crippen LogP contribution in [0.1, 0.15) is 27.2 Å². The lowest BCUT2D eigenvalue weighted by atomic mass is 9.98. The van der Waals surface area contributed by atoms with Gasteiger partial charge in [-0.1, -0.05) is 15.9 Å². The number of hydrogen-bond acceptors (Lipinski definition) is 2. The van der Waals surface area contributed by atoms with Crippen LogP contribution in [0.3, 0.4) is 0 Å². The summed E-state index contributed by atoms with van der Waals surface area (Å²) < 4.78 is 18.7. The first-order valence-electron chi connectivity index (χ1n) is 5.51. The van der Waals surface area contributed by atoms with Crippen molar-refractivity contribution in [2.75, 3.05) is 18.4 Å². The molecule has 1 aliphatic heterocycles. The Bertz CT molecular complexity index is 255. The number of amides is 1. The zero-order chi connectivity index (χ0) is 12.3. The highest BCUT2D eigenvalue weighted by Crippen LogP contribution is 2.23. The molecule has 1 rings (SSSR count). The van der Waals surface area contributed by atoms with Crippen molar-refractivity contribution in [3.05, 3.63) is 0 Å². The van der Waals surface area contributed by atoms with Gasteiger partial charge >= 0.3 is 6.09 Å². The predicted octanol–water partition coefficient (Wildman–Crippen LogP) is 2.98. The van der Waals surface area contributed by atoms with Gasteiger partial charge in [0.15, 0.2) is 0 Å². The molecule has 3 nitrogen and oxygen atoms in total. The van der Waals surface area contributed by atoms with E-state index in [-0.39, 0.29) is 12.0 Å². The van der Waals surface area contributed by atoms with E-state index >= 15 is 0 Å². The van der Waals surface area contributed by atoms with Gasteiger partial charge in [-0.3, -0.25) is 0 Å². The normalized spacial score (nSPS) is 26.7. The number of hydrogen-bond donors (Lipinski definition) is 0. The molecular formula is C11H19BrFNO2. The number of ether oxygens (including phenoxy) is 1. The minimum Gasteiger partial charge on any atom is -0.444 e. The average Bonchev–Trinajstić information content (AvgIpc) is 2.15. The van der Waals surface area contributed by atoms with Crippen molar-refractivity contribution in [3.63, 3.8) is 0 Å². The summed E-state index contributed by atoms with van der Waals surface area (Å²) in [6.07, 6.45) is -0.765. The van der Waals surface area contributed by atoms with E-state index in [9.17, 15) is 9.18 Å². The van der Waals surface area contributed by atoms with Crippen LogP contribution in [0, 0.1) is 5.92 Å². The number of piperidine rings is 1. The Balaban J connectivity index is 2.52. The fourth-order valence-electron chi connectivity index (χ4n) is 1.64. The van der Waals surface area contributed by atoms with Gasteiger partial charge in [0, 0.05) is 24.3 Å². The van der Waals surface area contributed by atoms with Crippen molar-refractivity contribution in [1.29, 1.82) is 0 Å². The van der Waals surface area contributed by atoms with E-state index in [4.69, 9.17) is 4.74 Å². The third kappa shape index (κ3) is 3.92. The Hall–Kier alpha value is -0.320. The molecule has 0 saturated carbocycles. The van der Waals surface area contributed by atoms with E-state index in [2.05, 4.69) is 15.9 Å². The topological polar surface area (TPSA) is 29.5 Å². The van der Waals surface area contributed by atoms with E-state index in [1.807, 2.05) is 20.8 Å². The Morgan fingerprint density at radius 1 is 1.56 bits per heavy atom. The first kappa shape index (κ1) is 13.7. The van der Waals surface area contributed by atoms with Gasteiger partial charge in [-0.15, -0.1) is 0 Å². The van der Waals surface area contributed by atoms with E-state index in [1.54, 1.807) is 4.90 Å². The second kappa shape index (κ2) is 5.34. The molecule has 0 aliphatic carbocycles. The fourth-order valence-corrected chi connectivity index (χ4v) is 2.25. The lowest BCUT2D eigenvalue weighted by Gasteiger charge is -2.35. The third-order valence-electron chi connectivity index (χ3n) is 2.49. The number of nitrogens with zero attached hydrogens (tertiary/aromatic N) is 1. The van der Waals surface area contributed by atoms with Crippen LogP contribution in [-0.4, -0.2) is 41.2 Å². The molecule has 0 aromatic heterocycles. The summed E-state index contributed by atoms with van der Waals surface area (Å²) in [5.74, 6) is -0.124. The molecule has 0 aromatic rings. The molecule has 1 fully saturated rings. The summed E-state index contributed by atoms with van der Waals surface area (Å²) in [4.78, 5) is 13.3. The van der Waals surface area contributed by atoms with Crippen LogP contribution in [-0.2, 0) is 4.74 Å². The van der Waals surface area contributed by atoms with Crippen LogP contribution in [0.2, 0.25) is 0 Å². The highest BCUT2D eigenvalue weighted by atomic mass is 79.9. The SMILES string of the molecule is CC(C)(C)OC(=O)N1CCC(F)C(CBr)C1. The standard InChI is InChI=1S/C11H19BrFNO2/c1-11(2,3)16-10(15)14-5-4-9(13)8(6-12)7-14/h8-9H,4-7H2,1-3H3. The second-order valence-electron chi connectivity index (χ2n) is 5.15. The van der Waals surface area contributed by atoms with Crippen LogP contribution in [0.15, 0.2) is 0 Å². The van der Waals surface area contributed by atoms with Crippen LogP contribution < -0.4 is 0 Å². The number of carbonyl (C=O) groups is 1. The Morgan fingerprint density at radius 2 is 2.19 bits per heavy atom. The van der Waals surface area contributed by atoms with Crippen molar-refractivity contribution >= 4 is 22.0 Å². The fraction of sp³-hybridized carbons (Fsp3) is 0.909. The number of likely N-dealkylation sites (tertiary alicyclic amines) is 1. The zero-order valence-corrected chi connectivity index (χ0v) is 11.6. The highest BCUT2D eigenvalue weighted by molar-refractivity contribution is 9.09. The number of halogens is 2. The second-order valence-corrected chi connectivity index (χ2v) is 5.79. The quantitative estimate of drug-likeness (QED) is 0.696. The highest BCUT2D eigenvalue weighted by Gasteiger charge is 2.32. The smallest absolute Gasteiger partial charge is 0.410 e. The monoisotopic (exact) mass is 295 g/mol. The molecule has 94 valence electrons. The molecule has 0 spiro atoms. The molecule has 5 heteroatoms. The molecule has 1 heterocycles. The summed E-state index contributed by atoms with van der Waals surface area (Å²) in [5, 5.41) is 0.577. The minimum atomic E-state index is -0.821. The summed E-state index contributed by atoms with van der Waals surface area (Å²) in [6.45, 7) is 6.36. The maximum Gasteiger partial charge on any atom is 0.410 e. The van der Waals surface area contributed by atoms with Gasteiger partial charge < -0.3 is 9.64 Å². The first-order valence-corrected chi connectivity index (χ1v) is 6.63. The lowest BCUT2D eigenvalue weighted by Crippen LogP contribution is -2.47. The molecule has 2 atom stereocenters. The van der Waals surface area contributed by atoms with E-state index in [1.165, 1.54) is 0 Å². The summed E-state index contributed by atoms with van der Waals surface area (Å²) in [6, 6.07) is 0. The number of rotatable bonds is 1. The molecule has 1 amide bonds. The van der Waals surface area contributed by atoms with Gasteiger partial charge in [0.2, 0.25) is 0 Å². The van der Waals surface area contributed by atoms with Gasteiger partial charge in [-0.05, 0) is 27.2 Å². The maximum absolute atomic E-state index is 13.4. The van der Waals surface area contributed by atoms with Gasteiger partial charge in [0.25, 0.3) is 0 Å². The summed E-state index contributed by atoms with van der Waals surface area (Å²) in [5.41, 5.74) is -0.493. The lowest BCUT2D eigenvalue weighted by molar-refractivity contribution is 0.00918. The maximum atomic E-state index is 13.4. The van der Waals surface area contributed by atoms with Crippen molar-refractivity contribution in [1.82, 2.24) is 4.90 Å². The van der Waals surface area contributed by atoms with Crippen molar-refractivity contribution in [3.8, 4) is 0 Å². The zero-order valence-electron chi connectivity index (χ0n) is 10.0. The number of carbonyl (C=O) groups excluding carboxylic acids is 1. The van der Waals surface area contributed by atoms with Crippen LogP contribution in [0.4, 0.5) is 9.18 Å². The van der Waals surface area contributed by atoms with E-state index in [0.717, 1.165) is 0 Å². The van der Waals surface area contributed by atoms with Gasteiger partial charge in [0.1, 0.15) is 11.8 Å². The molecule has 0 bridgehead atoms. The molecule has 2 unspecified atom stereocenters. The molecule has 0 N–H and O–H groups in total. The minimum absolute atomic E-state index is 0.124.